The lowest BCUT2D eigenvalue weighted by molar-refractivity contribution is 0.631. The zero-order valence-electron chi connectivity index (χ0n) is 10.6. The van der Waals surface area contributed by atoms with Crippen LogP contribution in [0, 0.1) is 12.7 Å². The molecule has 3 aromatic rings. The van der Waals surface area contributed by atoms with Crippen molar-refractivity contribution in [2.45, 2.75) is 6.92 Å². The van der Waals surface area contributed by atoms with Gasteiger partial charge in [0.2, 0.25) is 0 Å². The van der Waals surface area contributed by atoms with Gasteiger partial charge in [0.05, 0.1) is 16.3 Å². The normalized spacial score (nSPS) is 10.9. The van der Waals surface area contributed by atoms with E-state index in [0.29, 0.717) is 16.3 Å². The number of benzene rings is 1. The van der Waals surface area contributed by atoms with Gasteiger partial charge in [-0.25, -0.2) is 4.39 Å². The van der Waals surface area contributed by atoms with Crippen molar-refractivity contribution in [3.8, 4) is 22.4 Å². The Morgan fingerprint density at radius 1 is 1.30 bits per heavy atom. The van der Waals surface area contributed by atoms with Crippen LogP contribution in [0.15, 0.2) is 29.0 Å². The zero-order chi connectivity index (χ0) is 14.3. The average Bonchev–Trinajstić information content (AvgIpc) is 2.97. The van der Waals surface area contributed by atoms with Gasteiger partial charge in [-0.1, -0.05) is 17.7 Å². The van der Waals surface area contributed by atoms with Gasteiger partial charge in [0.15, 0.2) is 5.82 Å². The van der Waals surface area contributed by atoms with Gasteiger partial charge in [-0.3, -0.25) is 5.10 Å². The average molecular weight is 308 g/mol. The second-order valence-corrected chi connectivity index (χ2v) is 5.57. The van der Waals surface area contributed by atoms with Crippen LogP contribution in [0.2, 0.25) is 5.02 Å². The van der Waals surface area contributed by atoms with E-state index in [1.54, 1.807) is 23.5 Å². The molecule has 3 nitrogen and oxygen atoms in total. The van der Waals surface area contributed by atoms with Crippen LogP contribution in [-0.4, -0.2) is 10.2 Å². The van der Waals surface area contributed by atoms with E-state index in [4.69, 9.17) is 17.3 Å². The summed E-state index contributed by atoms with van der Waals surface area (Å²) in [5, 5.41) is 11.2. The van der Waals surface area contributed by atoms with Crippen molar-refractivity contribution in [3.05, 3.63) is 45.4 Å². The summed E-state index contributed by atoms with van der Waals surface area (Å²) < 4.78 is 14.1. The van der Waals surface area contributed by atoms with E-state index in [0.717, 1.165) is 11.1 Å². The van der Waals surface area contributed by atoms with Crippen LogP contribution in [0.1, 0.15) is 5.56 Å². The van der Waals surface area contributed by atoms with E-state index in [2.05, 4.69) is 10.2 Å². The number of anilines is 1. The molecule has 0 aliphatic carbocycles. The topological polar surface area (TPSA) is 54.7 Å². The first kappa shape index (κ1) is 13.1. The highest BCUT2D eigenvalue weighted by Gasteiger charge is 2.21. The smallest absolute Gasteiger partial charge is 0.153 e. The number of H-pyrrole nitrogens is 1. The van der Waals surface area contributed by atoms with E-state index >= 15 is 0 Å². The Balaban J connectivity index is 2.31. The fourth-order valence-electron chi connectivity index (χ4n) is 2.16. The third kappa shape index (κ3) is 1.99. The predicted molar refractivity (Wildman–Crippen MR) is 81.5 cm³/mol. The largest absolute Gasteiger partial charge is 0.382 e. The van der Waals surface area contributed by atoms with E-state index in [1.807, 2.05) is 17.7 Å². The highest BCUT2D eigenvalue weighted by Crippen LogP contribution is 2.41. The van der Waals surface area contributed by atoms with Gasteiger partial charge in [0, 0.05) is 16.5 Å². The monoisotopic (exact) mass is 307 g/mol. The Labute approximate surface area is 124 Å². The van der Waals surface area contributed by atoms with Crippen LogP contribution >= 0.6 is 22.9 Å². The summed E-state index contributed by atoms with van der Waals surface area (Å²) >= 11 is 7.70. The van der Waals surface area contributed by atoms with E-state index in [9.17, 15) is 4.39 Å². The van der Waals surface area contributed by atoms with Crippen molar-refractivity contribution in [2.75, 3.05) is 5.73 Å². The molecule has 0 saturated heterocycles. The number of hydrogen-bond acceptors (Lipinski definition) is 3. The highest BCUT2D eigenvalue weighted by molar-refractivity contribution is 7.08. The molecule has 0 saturated carbocycles. The highest BCUT2D eigenvalue weighted by atomic mass is 35.5. The van der Waals surface area contributed by atoms with Crippen molar-refractivity contribution in [1.29, 1.82) is 0 Å². The molecular formula is C14H11ClFN3S. The Morgan fingerprint density at radius 3 is 2.75 bits per heavy atom. The molecule has 102 valence electrons. The number of aromatic nitrogens is 2. The van der Waals surface area contributed by atoms with Crippen molar-refractivity contribution in [2.24, 2.45) is 0 Å². The van der Waals surface area contributed by atoms with Crippen molar-refractivity contribution < 1.29 is 4.39 Å². The van der Waals surface area contributed by atoms with E-state index in [-0.39, 0.29) is 11.4 Å². The maximum absolute atomic E-state index is 14.1. The summed E-state index contributed by atoms with van der Waals surface area (Å²) in [7, 11) is 0. The minimum Gasteiger partial charge on any atom is -0.382 e. The van der Waals surface area contributed by atoms with Crippen LogP contribution in [0.25, 0.3) is 22.4 Å². The molecule has 0 fully saturated rings. The Bertz CT molecular complexity index is 758. The number of thiophene rings is 1. The van der Waals surface area contributed by atoms with Crippen LogP contribution in [-0.2, 0) is 0 Å². The second kappa shape index (κ2) is 4.92. The number of nitrogens with two attached hydrogens (primary N) is 1. The lowest BCUT2D eigenvalue weighted by Crippen LogP contribution is -1.92. The molecule has 0 unspecified atom stereocenters. The third-order valence-corrected chi connectivity index (χ3v) is 4.31. The third-order valence-electron chi connectivity index (χ3n) is 3.13. The molecule has 20 heavy (non-hydrogen) atoms. The maximum atomic E-state index is 14.1. The van der Waals surface area contributed by atoms with Crippen molar-refractivity contribution >= 4 is 28.8 Å². The molecule has 0 atom stereocenters. The van der Waals surface area contributed by atoms with Crippen molar-refractivity contribution in [1.82, 2.24) is 10.2 Å². The van der Waals surface area contributed by atoms with E-state index < -0.39 is 5.82 Å². The number of rotatable bonds is 2. The number of aryl methyl sites for hydroxylation is 1. The number of aromatic amines is 1. The Kier molecular flexibility index (Phi) is 3.23. The first-order valence-electron chi connectivity index (χ1n) is 5.91. The SMILES string of the molecule is Cc1cscc1-c1[nH]nc(N)c1-c1c(F)cccc1Cl. The Hall–Kier alpha value is -1.85. The first-order chi connectivity index (χ1) is 9.59. The van der Waals surface area contributed by atoms with Gasteiger partial charge in [-0.05, 0) is 30.0 Å². The fraction of sp³-hybridized carbons (Fsp3) is 0.0714. The second-order valence-electron chi connectivity index (χ2n) is 4.42. The van der Waals surface area contributed by atoms with Gasteiger partial charge in [-0.15, -0.1) is 0 Å². The molecule has 3 rings (SSSR count). The molecule has 0 aliphatic heterocycles. The van der Waals surface area contributed by atoms with Crippen LogP contribution in [0.4, 0.5) is 10.2 Å². The summed E-state index contributed by atoms with van der Waals surface area (Å²) in [6.07, 6.45) is 0. The zero-order valence-corrected chi connectivity index (χ0v) is 12.1. The molecule has 6 heteroatoms. The van der Waals surface area contributed by atoms with Crippen LogP contribution in [0.5, 0.6) is 0 Å². The lowest BCUT2D eigenvalue weighted by atomic mass is 10.00. The van der Waals surface area contributed by atoms with Gasteiger partial charge < -0.3 is 5.73 Å². The lowest BCUT2D eigenvalue weighted by Gasteiger charge is -2.08. The predicted octanol–water partition coefficient (Wildman–Crippen LogP) is 4.49. The van der Waals surface area contributed by atoms with Crippen molar-refractivity contribution in [3.63, 3.8) is 0 Å². The quantitative estimate of drug-likeness (QED) is 0.733. The van der Waals surface area contributed by atoms with Gasteiger partial charge in [0.25, 0.3) is 0 Å². The first-order valence-corrected chi connectivity index (χ1v) is 7.23. The maximum Gasteiger partial charge on any atom is 0.153 e. The summed E-state index contributed by atoms with van der Waals surface area (Å²) in [4.78, 5) is 0. The fourth-order valence-corrected chi connectivity index (χ4v) is 3.25. The van der Waals surface area contributed by atoms with Gasteiger partial charge in [0.1, 0.15) is 5.82 Å². The molecule has 2 heterocycles. The minimum absolute atomic E-state index is 0.234. The van der Waals surface area contributed by atoms with Gasteiger partial charge >= 0.3 is 0 Å². The summed E-state index contributed by atoms with van der Waals surface area (Å²) in [5.74, 6) is -0.183. The summed E-state index contributed by atoms with van der Waals surface area (Å²) in [6.45, 7) is 1.98. The molecule has 1 aromatic carbocycles. The molecule has 2 aromatic heterocycles. The van der Waals surface area contributed by atoms with Crippen LogP contribution < -0.4 is 5.73 Å². The molecule has 0 spiro atoms. The summed E-state index contributed by atoms with van der Waals surface area (Å²) in [6, 6.07) is 4.56. The molecule has 0 aliphatic rings. The number of nitrogen functional groups attached to an aromatic ring is 1. The minimum atomic E-state index is -0.417. The number of halogens is 2. The molecule has 0 bridgehead atoms. The number of nitrogens with zero attached hydrogens (tertiary/aromatic N) is 1. The number of nitrogens with one attached hydrogen (secondary N) is 1. The molecule has 0 radical (unpaired) electrons. The standard InChI is InChI=1S/C14H11ClFN3S/c1-7-5-20-6-8(7)13-12(14(17)19-18-13)11-9(15)3-2-4-10(11)16/h2-6H,1H3,(H3,17,18,19). The molecule has 0 amide bonds. The Morgan fingerprint density at radius 2 is 2.10 bits per heavy atom. The summed E-state index contributed by atoms with van der Waals surface area (Å²) in [5.41, 5.74) is 9.41. The van der Waals surface area contributed by atoms with Gasteiger partial charge in [-0.2, -0.15) is 16.4 Å². The van der Waals surface area contributed by atoms with E-state index in [1.165, 1.54) is 6.07 Å². The molecular weight excluding hydrogens is 297 g/mol. The number of hydrogen-bond donors (Lipinski definition) is 2. The molecule has 3 N–H and O–H groups in total. The van der Waals surface area contributed by atoms with Crippen LogP contribution in [0.3, 0.4) is 0 Å².